The predicted molar refractivity (Wildman–Crippen MR) is 82.3 cm³/mol. The van der Waals surface area contributed by atoms with Gasteiger partial charge >= 0.3 is 0 Å². The minimum Gasteiger partial charge on any atom is -0.366 e. The maximum Gasteiger partial charge on any atom is 0.248 e. The van der Waals surface area contributed by atoms with E-state index >= 15 is 0 Å². The zero-order valence-electron chi connectivity index (χ0n) is 12.1. The highest BCUT2D eigenvalue weighted by Crippen LogP contribution is 2.51. The van der Waals surface area contributed by atoms with E-state index in [2.05, 4.69) is 10.3 Å². The first-order valence-corrected chi connectivity index (χ1v) is 7.61. The van der Waals surface area contributed by atoms with Crippen LogP contribution >= 0.6 is 0 Å². The minimum atomic E-state index is -0.418. The topological polar surface area (TPSA) is 85.1 Å². The number of amides is 2. The number of aromatic nitrogens is 1. The van der Waals surface area contributed by atoms with Crippen molar-refractivity contribution in [3.8, 4) is 0 Å². The van der Waals surface area contributed by atoms with E-state index in [0.29, 0.717) is 29.9 Å². The number of pyridine rings is 1. The lowest BCUT2D eigenvalue weighted by Crippen LogP contribution is -2.27. The van der Waals surface area contributed by atoms with Crippen LogP contribution in [-0.2, 0) is 4.79 Å². The van der Waals surface area contributed by atoms with Gasteiger partial charge in [-0.2, -0.15) is 0 Å². The second-order valence-electron chi connectivity index (χ2n) is 6.22. The molecule has 5 nitrogen and oxygen atoms in total. The molecule has 1 saturated carbocycles. The number of nitrogens with zero attached hydrogens (tertiary/aromatic N) is 1. The van der Waals surface area contributed by atoms with Crippen molar-refractivity contribution < 1.29 is 9.59 Å². The molecule has 2 aliphatic rings. The van der Waals surface area contributed by atoms with E-state index in [1.54, 1.807) is 12.3 Å². The molecule has 1 aliphatic carbocycles. The molecular weight excluding hydrogens is 278 g/mol. The number of fused-ring (bicyclic) bond motifs is 1. The Morgan fingerprint density at radius 1 is 1.32 bits per heavy atom. The monoisotopic (exact) mass is 295 g/mol. The van der Waals surface area contributed by atoms with Crippen LogP contribution in [0.4, 0.5) is 0 Å². The maximum absolute atomic E-state index is 11.4. The molecule has 2 fully saturated rings. The van der Waals surface area contributed by atoms with E-state index in [-0.39, 0.29) is 5.91 Å². The zero-order valence-corrected chi connectivity index (χ0v) is 12.1. The third-order valence-corrected chi connectivity index (χ3v) is 4.82. The van der Waals surface area contributed by atoms with E-state index in [4.69, 9.17) is 5.73 Å². The number of hydrogen-bond acceptors (Lipinski definition) is 3. The maximum atomic E-state index is 11.4. The molecule has 4 rings (SSSR count). The Kier molecular flexibility index (Phi) is 2.89. The van der Waals surface area contributed by atoms with E-state index < -0.39 is 5.91 Å². The number of nitrogens with one attached hydrogen (secondary N) is 1. The summed E-state index contributed by atoms with van der Waals surface area (Å²) in [4.78, 5) is 27.2. The molecule has 5 heteroatoms. The van der Waals surface area contributed by atoms with Gasteiger partial charge in [-0.15, -0.1) is 0 Å². The standard InChI is InChI=1S/C17H17N3O2/c18-17(22)10-1-2-11-9(7-10)5-6-19-16(11)13-8-12(13)14-3-4-15(21)20-14/h1-2,5-7,12-14H,3-4,8H2,(H2,18,22)(H,20,21). The summed E-state index contributed by atoms with van der Waals surface area (Å²) in [6.07, 6.45) is 4.41. The SMILES string of the molecule is NC(=O)c1ccc2c(C3CC3C3CCC(=O)N3)nccc2c1. The normalized spacial score (nSPS) is 26.9. The fourth-order valence-electron chi connectivity index (χ4n) is 3.58. The lowest BCUT2D eigenvalue weighted by Gasteiger charge is -2.10. The number of rotatable bonds is 3. The summed E-state index contributed by atoms with van der Waals surface area (Å²) in [5.41, 5.74) is 6.92. The molecule has 0 radical (unpaired) electrons. The second-order valence-corrected chi connectivity index (χ2v) is 6.22. The zero-order chi connectivity index (χ0) is 15.3. The molecule has 1 aromatic heterocycles. The number of benzene rings is 1. The average molecular weight is 295 g/mol. The molecule has 3 unspecified atom stereocenters. The lowest BCUT2D eigenvalue weighted by molar-refractivity contribution is -0.119. The van der Waals surface area contributed by atoms with Gasteiger partial charge in [0.2, 0.25) is 11.8 Å². The quantitative estimate of drug-likeness (QED) is 0.904. The fourth-order valence-corrected chi connectivity index (χ4v) is 3.58. The molecule has 1 aromatic carbocycles. The Morgan fingerprint density at radius 3 is 2.91 bits per heavy atom. The van der Waals surface area contributed by atoms with Crippen LogP contribution in [0.1, 0.15) is 41.2 Å². The van der Waals surface area contributed by atoms with Crippen molar-refractivity contribution in [2.24, 2.45) is 11.7 Å². The molecule has 3 atom stereocenters. The largest absolute Gasteiger partial charge is 0.366 e. The van der Waals surface area contributed by atoms with Crippen molar-refractivity contribution >= 4 is 22.6 Å². The third-order valence-electron chi connectivity index (χ3n) is 4.82. The van der Waals surface area contributed by atoms with E-state index in [0.717, 1.165) is 29.3 Å². The highest BCUT2D eigenvalue weighted by Gasteiger charge is 2.47. The van der Waals surface area contributed by atoms with Crippen LogP contribution in [0, 0.1) is 5.92 Å². The van der Waals surface area contributed by atoms with Crippen molar-refractivity contribution in [1.29, 1.82) is 0 Å². The smallest absolute Gasteiger partial charge is 0.248 e. The number of hydrogen-bond donors (Lipinski definition) is 2. The highest BCUT2D eigenvalue weighted by molar-refractivity contribution is 5.98. The Bertz CT molecular complexity index is 787. The van der Waals surface area contributed by atoms with Crippen molar-refractivity contribution in [1.82, 2.24) is 10.3 Å². The third kappa shape index (κ3) is 2.13. The highest BCUT2D eigenvalue weighted by atomic mass is 16.2. The van der Waals surface area contributed by atoms with Crippen LogP contribution in [0.5, 0.6) is 0 Å². The lowest BCUT2D eigenvalue weighted by atomic mass is 10.0. The van der Waals surface area contributed by atoms with Crippen molar-refractivity contribution in [2.45, 2.75) is 31.2 Å². The van der Waals surface area contributed by atoms with Gasteiger partial charge in [-0.1, -0.05) is 6.07 Å². The van der Waals surface area contributed by atoms with E-state index in [1.165, 1.54) is 0 Å². The minimum absolute atomic E-state index is 0.160. The van der Waals surface area contributed by atoms with Gasteiger partial charge in [0.15, 0.2) is 0 Å². The van der Waals surface area contributed by atoms with Crippen LogP contribution in [0.15, 0.2) is 30.5 Å². The first-order chi connectivity index (χ1) is 10.6. The Morgan fingerprint density at radius 2 is 2.18 bits per heavy atom. The van der Waals surface area contributed by atoms with Gasteiger partial charge in [-0.25, -0.2) is 0 Å². The van der Waals surface area contributed by atoms with Crippen molar-refractivity contribution in [2.75, 3.05) is 0 Å². The van der Waals surface area contributed by atoms with Crippen LogP contribution in [-0.4, -0.2) is 22.8 Å². The predicted octanol–water partition coefficient (Wildman–Crippen LogP) is 1.72. The summed E-state index contributed by atoms with van der Waals surface area (Å²) in [7, 11) is 0. The first-order valence-electron chi connectivity index (χ1n) is 7.61. The van der Waals surface area contributed by atoms with Crippen LogP contribution in [0.3, 0.4) is 0 Å². The number of primary amides is 1. The Balaban J connectivity index is 1.65. The van der Waals surface area contributed by atoms with Crippen molar-refractivity contribution in [3.63, 3.8) is 0 Å². The molecular formula is C17H17N3O2. The molecule has 112 valence electrons. The van der Waals surface area contributed by atoms with Crippen LogP contribution in [0.2, 0.25) is 0 Å². The van der Waals surface area contributed by atoms with Gasteiger partial charge in [0.25, 0.3) is 0 Å². The molecule has 2 heterocycles. The summed E-state index contributed by atoms with van der Waals surface area (Å²) in [6.45, 7) is 0. The summed E-state index contributed by atoms with van der Waals surface area (Å²) in [5, 5.41) is 5.12. The van der Waals surface area contributed by atoms with Gasteiger partial charge in [-0.3, -0.25) is 14.6 Å². The molecule has 0 bridgehead atoms. The molecule has 2 amide bonds. The Hall–Kier alpha value is -2.43. The number of carbonyl (C=O) groups excluding carboxylic acids is 2. The molecule has 1 aliphatic heterocycles. The summed E-state index contributed by atoms with van der Waals surface area (Å²) in [5.74, 6) is 0.623. The van der Waals surface area contributed by atoms with Gasteiger partial charge < -0.3 is 11.1 Å². The van der Waals surface area contributed by atoms with E-state index in [9.17, 15) is 9.59 Å². The summed E-state index contributed by atoms with van der Waals surface area (Å²) >= 11 is 0. The molecule has 0 spiro atoms. The molecule has 22 heavy (non-hydrogen) atoms. The molecule has 3 N–H and O–H groups in total. The van der Waals surface area contributed by atoms with Crippen LogP contribution < -0.4 is 11.1 Å². The number of carbonyl (C=O) groups is 2. The van der Waals surface area contributed by atoms with Gasteiger partial charge in [0, 0.05) is 35.5 Å². The number of nitrogens with two attached hydrogens (primary N) is 1. The van der Waals surface area contributed by atoms with Crippen LogP contribution in [0.25, 0.3) is 10.8 Å². The first kappa shape index (κ1) is 13.2. The second kappa shape index (κ2) is 4.80. The van der Waals surface area contributed by atoms with Gasteiger partial charge in [-0.05, 0) is 42.3 Å². The van der Waals surface area contributed by atoms with Gasteiger partial charge in [0.1, 0.15) is 0 Å². The average Bonchev–Trinajstić information content (AvgIpc) is 3.20. The van der Waals surface area contributed by atoms with Crippen molar-refractivity contribution in [3.05, 3.63) is 41.7 Å². The van der Waals surface area contributed by atoms with E-state index in [1.807, 2.05) is 18.2 Å². The fraction of sp³-hybridized carbons (Fsp3) is 0.353. The van der Waals surface area contributed by atoms with Gasteiger partial charge in [0.05, 0.1) is 5.69 Å². The summed E-state index contributed by atoms with van der Waals surface area (Å²) < 4.78 is 0. The molecule has 1 saturated heterocycles. The Labute approximate surface area is 127 Å². The molecule has 2 aromatic rings. The summed E-state index contributed by atoms with van der Waals surface area (Å²) in [6, 6.07) is 7.70.